The highest BCUT2D eigenvalue weighted by atomic mass is 16.5. The normalized spacial score (nSPS) is 14.4. The molecule has 0 aliphatic heterocycles. The molecule has 4 nitrogen and oxygen atoms in total. The number of ether oxygens (including phenoxy) is 1. The van der Waals surface area contributed by atoms with Crippen molar-refractivity contribution in [3.05, 3.63) is 29.8 Å². The van der Waals surface area contributed by atoms with Crippen molar-refractivity contribution >= 4 is 11.6 Å². The van der Waals surface area contributed by atoms with E-state index in [-0.39, 0.29) is 5.91 Å². The number of hydrogen-bond donors (Lipinski definition) is 2. The van der Waals surface area contributed by atoms with E-state index in [1.165, 1.54) is 18.4 Å². The van der Waals surface area contributed by atoms with Gasteiger partial charge in [0.2, 0.25) is 5.91 Å². The first-order valence-electron chi connectivity index (χ1n) is 6.98. The number of anilines is 1. The lowest BCUT2D eigenvalue weighted by molar-refractivity contribution is -0.117. The molecule has 0 bridgehead atoms. The van der Waals surface area contributed by atoms with E-state index in [1.54, 1.807) is 0 Å². The summed E-state index contributed by atoms with van der Waals surface area (Å²) in [6.45, 7) is 3.92. The fourth-order valence-corrected chi connectivity index (χ4v) is 1.84. The van der Waals surface area contributed by atoms with Gasteiger partial charge in [-0.15, -0.1) is 0 Å². The maximum atomic E-state index is 11.7. The molecule has 0 aromatic heterocycles. The zero-order valence-electron chi connectivity index (χ0n) is 11.4. The third kappa shape index (κ3) is 5.41. The standard InChI is InChI=1S/C15H22N2O2/c1-2-19-9-8-15(18)17-14-5-3-4-12(10-14)11-16-13-6-7-13/h3-5,10,13,16H,2,6-9,11H2,1H3,(H,17,18). The van der Waals surface area contributed by atoms with E-state index in [9.17, 15) is 4.79 Å². The molecular formula is C15H22N2O2. The maximum absolute atomic E-state index is 11.7. The Kier molecular flexibility index (Phi) is 5.36. The van der Waals surface area contributed by atoms with Gasteiger partial charge in [0.15, 0.2) is 0 Å². The Balaban J connectivity index is 1.78. The molecule has 1 aromatic rings. The zero-order chi connectivity index (χ0) is 13.5. The highest BCUT2D eigenvalue weighted by Crippen LogP contribution is 2.19. The van der Waals surface area contributed by atoms with E-state index < -0.39 is 0 Å². The van der Waals surface area contributed by atoms with E-state index in [4.69, 9.17) is 4.74 Å². The van der Waals surface area contributed by atoms with Gasteiger partial charge in [-0.1, -0.05) is 12.1 Å². The SMILES string of the molecule is CCOCCC(=O)Nc1cccc(CNC2CC2)c1. The van der Waals surface area contributed by atoms with Gasteiger partial charge in [-0.3, -0.25) is 4.79 Å². The van der Waals surface area contributed by atoms with E-state index in [2.05, 4.69) is 16.7 Å². The summed E-state index contributed by atoms with van der Waals surface area (Å²) in [4.78, 5) is 11.7. The van der Waals surface area contributed by atoms with Crippen LogP contribution in [-0.2, 0) is 16.1 Å². The minimum Gasteiger partial charge on any atom is -0.381 e. The summed E-state index contributed by atoms with van der Waals surface area (Å²) < 4.78 is 5.17. The molecule has 0 radical (unpaired) electrons. The smallest absolute Gasteiger partial charge is 0.226 e. The molecule has 1 amide bonds. The molecule has 1 fully saturated rings. The second kappa shape index (κ2) is 7.26. The lowest BCUT2D eigenvalue weighted by Crippen LogP contribution is -2.16. The molecule has 0 spiro atoms. The predicted octanol–water partition coefficient (Wildman–Crippen LogP) is 2.30. The number of carbonyl (C=O) groups excluding carboxylic acids is 1. The summed E-state index contributed by atoms with van der Waals surface area (Å²) in [5.74, 6) is 0.000696. The van der Waals surface area contributed by atoms with Crippen LogP contribution >= 0.6 is 0 Å². The van der Waals surface area contributed by atoms with Crippen molar-refractivity contribution in [1.82, 2.24) is 5.32 Å². The van der Waals surface area contributed by atoms with Crippen LogP contribution < -0.4 is 10.6 Å². The van der Waals surface area contributed by atoms with Crippen LogP contribution in [0.1, 0.15) is 31.7 Å². The van der Waals surface area contributed by atoms with Crippen LogP contribution in [0.3, 0.4) is 0 Å². The number of benzene rings is 1. The van der Waals surface area contributed by atoms with Crippen LogP contribution in [0.4, 0.5) is 5.69 Å². The first-order chi connectivity index (χ1) is 9.28. The van der Waals surface area contributed by atoms with Gasteiger partial charge in [-0.25, -0.2) is 0 Å². The molecular weight excluding hydrogens is 240 g/mol. The molecule has 0 heterocycles. The van der Waals surface area contributed by atoms with Crippen LogP contribution in [0.2, 0.25) is 0 Å². The summed E-state index contributed by atoms with van der Waals surface area (Å²) in [7, 11) is 0. The first kappa shape index (κ1) is 14.0. The Morgan fingerprint density at radius 2 is 2.26 bits per heavy atom. The molecule has 0 saturated heterocycles. The Morgan fingerprint density at radius 1 is 1.42 bits per heavy atom. The molecule has 104 valence electrons. The van der Waals surface area contributed by atoms with Gasteiger partial charge in [0.05, 0.1) is 13.0 Å². The van der Waals surface area contributed by atoms with Crippen LogP contribution in [-0.4, -0.2) is 25.2 Å². The highest BCUT2D eigenvalue weighted by molar-refractivity contribution is 5.90. The molecule has 2 N–H and O–H groups in total. The largest absolute Gasteiger partial charge is 0.381 e. The Bertz CT molecular complexity index is 416. The Labute approximate surface area is 114 Å². The molecule has 4 heteroatoms. The summed E-state index contributed by atoms with van der Waals surface area (Å²) in [5.41, 5.74) is 2.06. The fourth-order valence-electron chi connectivity index (χ4n) is 1.84. The summed E-state index contributed by atoms with van der Waals surface area (Å²) in [6, 6.07) is 8.69. The molecule has 1 aliphatic rings. The molecule has 1 aromatic carbocycles. The molecule has 1 saturated carbocycles. The summed E-state index contributed by atoms with van der Waals surface area (Å²) in [5, 5.41) is 6.36. The van der Waals surface area contributed by atoms with E-state index in [0.717, 1.165) is 12.2 Å². The van der Waals surface area contributed by atoms with Crippen LogP contribution in [0.25, 0.3) is 0 Å². The van der Waals surface area contributed by atoms with Gasteiger partial charge in [-0.2, -0.15) is 0 Å². The first-order valence-corrected chi connectivity index (χ1v) is 6.98. The predicted molar refractivity (Wildman–Crippen MR) is 76.0 cm³/mol. The van der Waals surface area contributed by atoms with Crippen molar-refractivity contribution in [3.8, 4) is 0 Å². The quantitative estimate of drug-likeness (QED) is 0.707. The molecule has 1 aliphatic carbocycles. The minimum atomic E-state index is 0.000696. The molecule has 0 unspecified atom stereocenters. The lowest BCUT2D eigenvalue weighted by Gasteiger charge is -2.08. The second-order valence-corrected chi connectivity index (χ2v) is 4.85. The van der Waals surface area contributed by atoms with Gasteiger partial charge in [0.1, 0.15) is 0 Å². The van der Waals surface area contributed by atoms with Crippen molar-refractivity contribution < 1.29 is 9.53 Å². The third-order valence-corrected chi connectivity index (χ3v) is 3.06. The average Bonchev–Trinajstić information content (AvgIpc) is 3.21. The van der Waals surface area contributed by atoms with Gasteiger partial charge >= 0.3 is 0 Å². The van der Waals surface area contributed by atoms with Crippen molar-refractivity contribution in [2.45, 2.75) is 38.8 Å². The summed E-state index contributed by atoms with van der Waals surface area (Å²) >= 11 is 0. The maximum Gasteiger partial charge on any atom is 0.226 e. The van der Waals surface area contributed by atoms with Gasteiger partial charge in [0, 0.05) is 24.9 Å². The second-order valence-electron chi connectivity index (χ2n) is 4.85. The third-order valence-electron chi connectivity index (χ3n) is 3.06. The van der Waals surface area contributed by atoms with Crippen molar-refractivity contribution in [3.63, 3.8) is 0 Å². The van der Waals surface area contributed by atoms with E-state index in [0.29, 0.717) is 25.7 Å². The van der Waals surface area contributed by atoms with Gasteiger partial charge in [0.25, 0.3) is 0 Å². The fraction of sp³-hybridized carbons (Fsp3) is 0.533. The number of nitrogens with one attached hydrogen (secondary N) is 2. The van der Waals surface area contributed by atoms with Gasteiger partial charge in [-0.05, 0) is 37.5 Å². The topological polar surface area (TPSA) is 50.4 Å². The number of rotatable bonds is 8. The molecule has 19 heavy (non-hydrogen) atoms. The molecule has 2 rings (SSSR count). The van der Waals surface area contributed by atoms with Crippen LogP contribution in [0, 0.1) is 0 Å². The number of carbonyl (C=O) groups is 1. The number of hydrogen-bond acceptors (Lipinski definition) is 3. The highest BCUT2D eigenvalue weighted by Gasteiger charge is 2.19. The Hall–Kier alpha value is -1.39. The molecule has 0 atom stereocenters. The monoisotopic (exact) mass is 262 g/mol. The van der Waals surface area contributed by atoms with Gasteiger partial charge < -0.3 is 15.4 Å². The zero-order valence-corrected chi connectivity index (χ0v) is 11.4. The van der Waals surface area contributed by atoms with Crippen molar-refractivity contribution in [2.24, 2.45) is 0 Å². The Morgan fingerprint density at radius 3 is 3.00 bits per heavy atom. The number of amides is 1. The average molecular weight is 262 g/mol. The van der Waals surface area contributed by atoms with E-state index in [1.807, 2.05) is 25.1 Å². The van der Waals surface area contributed by atoms with Crippen LogP contribution in [0.5, 0.6) is 0 Å². The van der Waals surface area contributed by atoms with E-state index >= 15 is 0 Å². The van der Waals surface area contributed by atoms with Crippen LogP contribution in [0.15, 0.2) is 24.3 Å². The lowest BCUT2D eigenvalue weighted by atomic mass is 10.2. The minimum absolute atomic E-state index is 0.000696. The van der Waals surface area contributed by atoms with Crippen molar-refractivity contribution in [1.29, 1.82) is 0 Å². The van der Waals surface area contributed by atoms with Crippen molar-refractivity contribution in [2.75, 3.05) is 18.5 Å². The summed E-state index contributed by atoms with van der Waals surface area (Å²) in [6.07, 6.45) is 2.97.